The summed E-state index contributed by atoms with van der Waals surface area (Å²) in [7, 11) is -3.08. The summed E-state index contributed by atoms with van der Waals surface area (Å²) in [5.41, 5.74) is 1.43. The maximum atomic E-state index is 13.4. The SMILES string of the molecule is O=C(CSc1nnc(-c2ccc(F)cc2)c2ccccc12)N(C1CCCC1)C1CCS(=O)(=O)C1. The number of amides is 1. The number of nitrogens with zero attached hydrogens (tertiary/aromatic N) is 3. The Morgan fingerprint density at radius 2 is 1.68 bits per heavy atom. The molecular formula is C25H26FN3O3S2. The molecule has 1 atom stereocenters. The number of carbonyl (C=O) groups is 1. The van der Waals surface area contributed by atoms with Crippen LogP contribution in [0.4, 0.5) is 4.39 Å². The number of thioether (sulfide) groups is 1. The van der Waals surface area contributed by atoms with Crippen molar-refractivity contribution in [3.05, 3.63) is 54.3 Å². The number of benzene rings is 2. The molecule has 5 rings (SSSR count). The second kappa shape index (κ2) is 9.62. The van der Waals surface area contributed by atoms with E-state index in [0.29, 0.717) is 17.1 Å². The number of sulfone groups is 1. The van der Waals surface area contributed by atoms with Crippen LogP contribution in [0.15, 0.2) is 53.6 Å². The first-order valence-corrected chi connectivity index (χ1v) is 14.4. The standard InChI is InChI=1S/C25H26FN3O3S2/c26-18-11-9-17(10-12-18)24-21-7-3-4-8-22(21)25(28-27-24)33-15-23(30)29(19-5-1-2-6-19)20-13-14-34(31,32)16-20/h3-4,7-12,19-20H,1-2,5-6,13-16H2. The van der Waals surface area contributed by atoms with Crippen LogP contribution in [0.2, 0.25) is 0 Å². The summed E-state index contributed by atoms with van der Waals surface area (Å²) in [5, 5.41) is 11.2. The Morgan fingerprint density at radius 3 is 2.35 bits per heavy atom. The van der Waals surface area contributed by atoms with E-state index in [-0.39, 0.29) is 41.1 Å². The van der Waals surface area contributed by atoms with E-state index in [9.17, 15) is 17.6 Å². The highest BCUT2D eigenvalue weighted by molar-refractivity contribution is 8.00. The lowest BCUT2D eigenvalue weighted by molar-refractivity contribution is -0.132. The topological polar surface area (TPSA) is 80.2 Å². The fraction of sp³-hybridized carbons (Fsp3) is 0.400. The third kappa shape index (κ3) is 4.81. The molecule has 178 valence electrons. The molecule has 1 amide bonds. The number of hydrogen-bond donors (Lipinski definition) is 0. The highest BCUT2D eigenvalue weighted by Crippen LogP contribution is 2.34. The van der Waals surface area contributed by atoms with Gasteiger partial charge in [0, 0.05) is 28.4 Å². The monoisotopic (exact) mass is 499 g/mol. The lowest BCUT2D eigenvalue weighted by atomic mass is 10.1. The number of carbonyl (C=O) groups excluding carboxylic acids is 1. The fourth-order valence-corrected chi connectivity index (χ4v) is 7.65. The molecule has 2 aromatic carbocycles. The van der Waals surface area contributed by atoms with Gasteiger partial charge in [0.05, 0.1) is 17.3 Å². The Morgan fingerprint density at radius 1 is 0.971 bits per heavy atom. The van der Waals surface area contributed by atoms with Gasteiger partial charge in [0.15, 0.2) is 9.84 Å². The van der Waals surface area contributed by atoms with Gasteiger partial charge in [-0.05, 0) is 43.5 Å². The molecule has 0 N–H and O–H groups in total. The molecule has 0 spiro atoms. The van der Waals surface area contributed by atoms with E-state index in [0.717, 1.165) is 42.0 Å². The lowest BCUT2D eigenvalue weighted by Crippen LogP contribution is -2.47. The van der Waals surface area contributed by atoms with E-state index in [1.807, 2.05) is 29.2 Å². The largest absolute Gasteiger partial charge is 0.335 e. The van der Waals surface area contributed by atoms with Crippen LogP contribution in [0.1, 0.15) is 32.1 Å². The molecule has 6 nitrogen and oxygen atoms in total. The predicted octanol–water partition coefficient (Wildman–Crippen LogP) is 4.49. The average Bonchev–Trinajstić information content (AvgIpc) is 3.48. The maximum Gasteiger partial charge on any atom is 0.233 e. The summed E-state index contributed by atoms with van der Waals surface area (Å²) in [4.78, 5) is 15.3. The zero-order valence-electron chi connectivity index (χ0n) is 18.7. The first-order chi connectivity index (χ1) is 16.4. The highest BCUT2D eigenvalue weighted by Gasteiger charge is 2.38. The smallest absolute Gasteiger partial charge is 0.233 e. The second-order valence-electron chi connectivity index (χ2n) is 8.99. The van der Waals surface area contributed by atoms with E-state index in [2.05, 4.69) is 10.2 Å². The van der Waals surface area contributed by atoms with E-state index in [4.69, 9.17) is 0 Å². The molecule has 1 unspecified atom stereocenters. The predicted molar refractivity (Wildman–Crippen MR) is 132 cm³/mol. The third-order valence-electron chi connectivity index (χ3n) is 6.71. The van der Waals surface area contributed by atoms with Gasteiger partial charge < -0.3 is 4.90 Å². The highest BCUT2D eigenvalue weighted by atomic mass is 32.2. The Bertz CT molecular complexity index is 1310. The second-order valence-corrected chi connectivity index (χ2v) is 12.2. The molecule has 9 heteroatoms. The summed E-state index contributed by atoms with van der Waals surface area (Å²) in [6, 6.07) is 13.8. The number of fused-ring (bicyclic) bond motifs is 1. The zero-order chi connectivity index (χ0) is 23.7. The third-order valence-corrected chi connectivity index (χ3v) is 9.43. The molecule has 34 heavy (non-hydrogen) atoms. The molecule has 3 aromatic rings. The fourth-order valence-electron chi connectivity index (χ4n) is 5.09. The number of hydrogen-bond acceptors (Lipinski definition) is 6. The zero-order valence-corrected chi connectivity index (χ0v) is 20.3. The molecule has 1 saturated carbocycles. The van der Waals surface area contributed by atoms with Crippen molar-refractivity contribution < 1.29 is 17.6 Å². The minimum absolute atomic E-state index is 0.0347. The van der Waals surface area contributed by atoms with Gasteiger partial charge in [-0.3, -0.25) is 4.79 Å². The van der Waals surface area contributed by atoms with Crippen molar-refractivity contribution in [3.8, 4) is 11.3 Å². The molecule has 2 aliphatic rings. The molecular weight excluding hydrogens is 473 g/mol. The summed E-state index contributed by atoms with van der Waals surface area (Å²) in [5.74, 6) is 0.0555. The number of rotatable bonds is 6. The van der Waals surface area contributed by atoms with Gasteiger partial charge in [-0.25, -0.2) is 12.8 Å². The van der Waals surface area contributed by atoms with E-state index in [1.54, 1.807) is 12.1 Å². The quantitative estimate of drug-likeness (QED) is 0.465. The van der Waals surface area contributed by atoms with Crippen LogP contribution in [0.5, 0.6) is 0 Å². The normalized spacial score (nSPS) is 20.1. The Kier molecular flexibility index (Phi) is 6.57. The summed E-state index contributed by atoms with van der Waals surface area (Å²) in [6.45, 7) is 0. The minimum atomic E-state index is -3.08. The molecule has 1 aromatic heterocycles. The van der Waals surface area contributed by atoms with Crippen molar-refractivity contribution in [2.45, 2.75) is 49.2 Å². The molecule has 2 heterocycles. The van der Waals surface area contributed by atoms with Gasteiger partial charge in [0.2, 0.25) is 5.91 Å². The molecule has 1 aliphatic carbocycles. The molecule has 0 radical (unpaired) electrons. The van der Waals surface area contributed by atoms with Crippen LogP contribution in [-0.2, 0) is 14.6 Å². The summed E-state index contributed by atoms with van der Waals surface area (Å²) >= 11 is 1.34. The van der Waals surface area contributed by atoms with Gasteiger partial charge in [0.1, 0.15) is 16.5 Å². The van der Waals surface area contributed by atoms with Crippen molar-refractivity contribution in [1.29, 1.82) is 0 Å². The van der Waals surface area contributed by atoms with Gasteiger partial charge in [-0.1, -0.05) is 48.9 Å². The van der Waals surface area contributed by atoms with Crippen LogP contribution in [0, 0.1) is 5.82 Å². The van der Waals surface area contributed by atoms with Gasteiger partial charge in [-0.2, -0.15) is 0 Å². The van der Waals surface area contributed by atoms with E-state index in [1.165, 1.54) is 23.9 Å². The van der Waals surface area contributed by atoms with Crippen molar-refractivity contribution >= 4 is 38.3 Å². The number of aromatic nitrogens is 2. The van der Waals surface area contributed by atoms with E-state index >= 15 is 0 Å². The minimum Gasteiger partial charge on any atom is -0.335 e. The van der Waals surface area contributed by atoms with Crippen LogP contribution >= 0.6 is 11.8 Å². The first kappa shape index (κ1) is 23.2. The van der Waals surface area contributed by atoms with Crippen molar-refractivity contribution in [2.24, 2.45) is 0 Å². The van der Waals surface area contributed by atoms with E-state index < -0.39 is 9.84 Å². The first-order valence-electron chi connectivity index (χ1n) is 11.6. The average molecular weight is 500 g/mol. The van der Waals surface area contributed by atoms with Gasteiger partial charge >= 0.3 is 0 Å². The Hall–Kier alpha value is -2.52. The molecule has 1 saturated heterocycles. The van der Waals surface area contributed by atoms with Gasteiger partial charge in [-0.15, -0.1) is 10.2 Å². The summed E-state index contributed by atoms with van der Waals surface area (Å²) in [6.07, 6.45) is 4.53. The van der Waals surface area contributed by atoms with Crippen LogP contribution in [0.25, 0.3) is 22.0 Å². The summed E-state index contributed by atoms with van der Waals surface area (Å²) < 4.78 is 37.6. The number of halogens is 1. The van der Waals surface area contributed by atoms with Gasteiger partial charge in [0.25, 0.3) is 0 Å². The van der Waals surface area contributed by atoms with Crippen LogP contribution in [-0.4, -0.2) is 58.8 Å². The van der Waals surface area contributed by atoms with Crippen LogP contribution < -0.4 is 0 Å². The Balaban J connectivity index is 1.39. The van der Waals surface area contributed by atoms with Crippen LogP contribution in [0.3, 0.4) is 0 Å². The molecule has 0 bridgehead atoms. The Labute approximate surface area is 202 Å². The van der Waals surface area contributed by atoms with Crippen molar-refractivity contribution in [1.82, 2.24) is 15.1 Å². The van der Waals surface area contributed by atoms with Crippen molar-refractivity contribution in [2.75, 3.05) is 17.3 Å². The maximum absolute atomic E-state index is 13.4. The lowest BCUT2D eigenvalue weighted by Gasteiger charge is -2.34. The molecule has 1 aliphatic heterocycles. The van der Waals surface area contributed by atoms with Crippen molar-refractivity contribution in [3.63, 3.8) is 0 Å². The molecule has 2 fully saturated rings.